The highest BCUT2D eigenvalue weighted by molar-refractivity contribution is 7.92. The highest BCUT2D eigenvalue weighted by atomic mass is 32.2. The Morgan fingerprint density at radius 2 is 1.66 bits per heavy atom. The van der Waals surface area contributed by atoms with Crippen LogP contribution in [0.3, 0.4) is 0 Å². The van der Waals surface area contributed by atoms with Crippen LogP contribution >= 0.6 is 0 Å². The fraction of sp³-hybridized carbons (Fsp3) is 0.200. The van der Waals surface area contributed by atoms with E-state index in [1.165, 1.54) is 11.0 Å². The van der Waals surface area contributed by atoms with Crippen LogP contribution in [-0.4, -0.2) is 26.8 Å². The van der Waals surface area contributed by atoms with Gasteiger partial charge in [0.15, 0.2) is 9.84 Å². The minimum Gasteiger partial charge on any atom is -0.324 e. The number of rotatable bonds is 4. The standard InChI is InChI=1S/C25H24N2O4S/c1-17-9-8-12-20(18(17)2)26-24(28)16-27-21-13-6-7-14-22(21)32(30,31)23(15-25(27)29)19-10-4-3-5-11-19/h3-14,23H,15-16H2,1-2H3,(H,26,28)/t23-/m1/s1. The number of hydrogen-bond donors (Lipinski definition) is 1. The Balaban J connectivity index is 1.70. The smallest absolute Gasteiger partial charge is 0.244 e. The number of para-hydroxylation sites is 1. The van der Waals surface area contributed by atoms with Crippen LogP contribution < -0.4 is 10.2 Å². The lowest BCUT2D eigenvalue weighted by Gasteiger charge is -2.22. The van der Waals surface area contributed by atoms with Gasteiger partial charge in [-0.05, 0) is 48.7 Å². The Morgan fingerprint density at radius 1 is 0.969 bits per heavy atom. The van der Waals surface area contributed by atoms with Gasteiger partial charge in [-0.1, -0.05) is 54.6 Å². The monoisotopic (exact) mass is 448 g/mol. The quantitative estimate of drug-likeness (QED) is 0.649. The molecule has 0 aliphatic carbocycles. The van der Waals surface area contributed by atoms with E-state index in [1.807, 2.05) is 26.0 Å². The van der Waals surface area contributed by atoms with Crippen molar-refractivity contribution in [3.05, 3.63) is 89.5 Å². The number of fused-ring (bicyclic) bond motifs is 1. The van der Waals surface area contributed by atoms with Crippen molar-refractivity contribution in [1.82, 2.24) is 0 Å². The second-order valence-corrected chi connectivity index (χ2v) is 9.99. The van der Waals surface area contributed by atoms with E-state index >= 15 is 0 Å². The number of carbonyl (C=O) groups excluding carboxylic acids is 2. The van der Waals surface area contributed by atoms with Gasteiger partial charge in [-0.25, -0.2) is 8.42 Å². The summed E-state index contributed by atoms with van der Waals surface area (Å²) in [6.45, 7) is 3.59. The normalized spacial score (nSPS) is 17.4. The van der Waals surface area contributed by atoms with E-state index < -0.39 is 26.9 Å². The summed E-state index contributed by atoms with van der Waals surface area (Å²) in [6.07, 6.45) is -0.238. The summed E-state index contributed by atoms with van der Waals surface area (Å²) in [7, 11) is -3.84. The zero-order valence-electron chi connectivity index (χ0n) is 17.9. The molecule has 3 aromatic rings. The molecule has 6 nitrogen and oxygen atoms in total. The molecule has 0 fully saturated rings. The number of hydrogen-bond acceptors (Lipinski definition) is 4. The molecule has 1 aliphatic rings. The van der Waals surface area contributed by atoms with Crippen LogP contribution in [0, 0.1) is 13.8 Å². The summed E-state index contributed by atoms with van der Waals surface area (Å²) < 4.78 is 27.0. The molecule has 3 aromatic carbocycles. The summed E-state index contributed by atoms with van der Waals surface area (Å²) in [5.74, 6) is -0.805. The molecule has 164 valence electrons. The van der Waals surface area contributed by atoms with Crippen molar-refractivity contribution in [2.24, 2.45) is 0 Å². The lowest BCUT2D eigenvalue weighted by Crippen LogP contribution is -2.38. The van der Waals surface area contributed by atoms with E-state index in [0.29, 0.717) is 11.3 Å². The average molecular weight is 449 g/mol. The summed E-state index contributed by atoms with van der Waals surface area (Å²) in [5, 5.41) is 1.84. The topological polar surface area (TPSA) is 83.6 Å². The SMILES string of the molecule is Cc1cccc(NC(=O)CN2C(=O)C[C@H](c3ccccc3)S(=O)(=O)c3ccccc32)c1C. The molecule has 0 bridgehead atoms. The fourth-order valence-electron chi connectivity index (χ4n) is 3.94. The number of amides is 2. The van der Waals surface area contributed by atoms with Crippen LogP contribution in [0.5, 0.6) is 0 Å². The van der Waals surface area contributed by atoms with Gasteiger partial charge in [0, 0.05) is 12.1 Å². The van der Waals surface area contributed by atoms with Crippen LogP contribution in [0.1, 0.15) is 28.4 Å². The lowest BCUT2D eigenvalue weighted by atomic mass is 10.1. The second kappa shape index (κ2) is 8.59. The molecule has 0 radical (unpaired) electrons. The van der Waals surface area contributed by atoms with Gasteiger partial charge in [0.2, 0.25) is 11.8 Å². The number of nitrogens with one attached hydrogen (secondary N) is 1. The third kappa shape index (κ3) is 4.03. The molecule has 1 N–H and O–H groups in total. The van der Waals surface area contributed by atoms with Crippen molar-refractivity contribution in [2.45, 2.75) is 30.4 Å². The average Bonchev–Trinajstić information content (AvgIpc) is 2.86. The van der Waals surface area contributed by atoms with Crippen LogP contribution in [0.4, 0.5) is 11.4 Å². The number of sulfone groups is 1. The first-order valence-corrected chi connectivity index (χ1v) is 11.9. The molecule has 0 unspecified atom stereocenters. The molecular weight excluding hydrogens is 424 g/mol. The number of benzene rings is 3. The van der Waals surface area contributed by atoms with Gasteiger partial charge in [-0.3, -0.25) is 9.59 Å². The fourth-order valence-corrected chi connectivity index (χ4v) is 5.87. The van der Waals surface area contributed by atoms with Crippen LogP contribution in [0.25, 0.3) is 0 Å². The third-order valence-corrected chi connectivity index (χ3v) is 8.00. The highest BCUT2D eigenvalue weighted by Crippen LogP contribution is 2.40. The van der Waals surface area contributed by atoms with Gasteiger partial charge >= 0.3 is 0 Å². The molecule has 32 heavy (non-hydrogen) atoms. The summed E-state index contributed by atoms with van der Waals surface area (Å²) in [6, 6.07) is 20.7. The first kappa shape index (κ1) is 21.8. The van der Waals surface area contributed by atoms with Crippen LogP contribution in [-0.2, 0) is 19.4 Å². The molecule has 0 aromatic heterocycles. The van der Waals surface area contributed by atoms with Crippen LogP contribution in [0.15, 0.2) is 77.7 Å². The maximum absolute atomic E-state index is 13.5. The predicted molar refractivity (Wildman–Crippen MR) is 124 cm³/mol. The molecule has 2 amide bonds. The van der Waals surface area contributed by atoms with Crippen molar-refractivity contribution < 1.29 is 18.0 Å². The number of aryl methyl sites for hydroxylation is 1. The first-order valence-electron chi connectivity index (χ1n) is 10.3. The number of nitrogens with zero attached hydrogens (tertiary/aromatic N) is 1. The molecule has 4 rings (SSSR count). The summed E-state index contributed by atoms with van der Waals surface area (Å²) in [4.78, 5) is 27.4. The Hall–Kier alpha value is -3.45. The molecule has 1 heterocycles. The van der Waals surface area contributed by atoms with Gasteiger partial charge in [0.05, 0.1) is 15.8 Å². The minimum atomic E-state index is -3.84. The van der Waals surface area contributed by atoms with Gasteiger partial charge < -0.3 is 10.2 Å². The van der Waals surface area contributed by atoms with Crippen molar-refractivity contribution in [2.75, 3.05) is 16.8 Å². The highest BCUT2D eigenvalue weighted by Gasteiger charge is 2.39. The lowest BCUT2D eigenvalue weighted by molar-refractivity contribution is -0.121. The Bertz CT molecular complexity index is 1290. The van der Waals surface area contributed by atoms with Crippen molar-refractivity contribution >= 4 is 33.0 Å². The van der Waals surface area contributed by atoms with E-state index in [2.05, 4.69) is 5.32 Å². The first-order chi connectivity index (χ1) is 15.3. The maximum atomic E-state index is 13.5. The van der Waals surface area contributed by atoms with E-state index in [4.69, 9.17) is 0 Å². The zero-order chi connectivity index (χ0) is 22.9. The van der Waals surface area contributed by atoms with Gasteiger partial charge in [0.1, 0.15) is 6.54 Å². The second-order valence-electron chi connectivity index (χ2n) is 7.89. The van der Waals surface area contributed by atoms with Crippen LogP contribution in [0.2, 0.25) is 0 Å². The Labute approximate surface area is 187 Å². The summed E-state index contributed by atoms with van der Waals surface area (Å²) >= 11 is 0. The number of carbonyl (C=O) groups is 2. The largest absolute Gasteiger partial charge is 0.324 e. The zero-order valence-corrected chi connectivity index (χ0v) is 18.7. The molecule has 1 aliphatic heterocycles. The van der Waals surface area contributed by atoms with E-state index in [-0.39, 0.29) is 23.5 Å². The number of anilines is 2. The van der Waals surface area contributed by atoms with Gasteiger partial charge in [-0.2, -0.15) is 0 Å². The molecule has 7 heteroatoms. The summed E-state index contributed by atoms with van der Waals surface area (Å²) in [5.41, 5.74) is 3.43. The van der Waals surface area contributed by atoms with Gasteiger partial charge in [0.25, 0.3) is 0 Å². The van der Waals surface area contributed by atoms with E-state index in [0.717, 1.165) is 11.1 Å². The molecule has 0 saturated carbocycles. The molecule has 0 spiro atoms. The maximum Gasteiger partial charge on any atom is 0.244 e. The Kier molecular flexibility index (Phi) is 5.84. The molecular formula is C25H24N2O4S. The van der Waals surface area contributed by atoms with Gasteiger partial charge in [-0.15, -0.1) is 0 Å². The van der Waals surface area contributed by atoms with E-state index in [1.54, 1.807) is 54.6 Å². The third-order valence-electron chi connectivity index (χ3n) is 5.85. The van der Waals surface area contributed by atoms with E-state index in [9.17, 15) is 18.0 Å². The molecule has 1 atom stereocenters. The van der Waals surface area contributed by atoms with Crippen molar-refractivity contribution in [3.63, 3.8) is 0 Å². The predicted octanol–water partition coefficient (Wildman–Crippen LogP) is 4.19. The Morgan fingerprint density at radius 3 is 2.41 bits per heavy atom. The van der Waals surface area contributed by atoms with Crippen molar-refractivity contribution in [1.29, 1.82) is 0 Å². The molecule has 0 saturated heterocycles. The minimum absolute atomic E-state index is 0.0549. The van der Waals surface area contributed by atoms with Crippen molar-refractivity contribution in [3.8, 4) is 0 Å².